The first-order chi connectivity index (χ1) is 17.7. The van der Waals surface area contributed by atoms with Crippen LogP contribution in [0.15, 0.2) is 36.6 Å². The number of nitrogens with zero attached hydrogens (tertiary/aromatic N) is 1. The van der Waals surface area contributed by atoms with Crippen molar-refractivity contribution < 1.29 is 49.0 Å². The number of methoxy groups -OCH3 is 1. The van der Waals surface area contributed by atoms with E-state index in [2.05, 4.69) is 11.6 Å². The second-order valence-electron chi connectivity index (χ2n) is 9.86. The number of fused-ring (bicyclic) bond motifs is 2. The fourth-order valence-corrected chi connectivity index (χ4v) is 6.34. The minimum atomic E-state index is -1.90. The van der Waals surface area contributed by atoms with E-state index in [1.54, 1.807) is 18.3 Å². The number of hydrogen-bond acceptors (Lipinski definition) is 9. The number of aliphatic carboxylic acids is 1. The van der Waals surface area contributed by atoms with Gasteiger partial charge in [0.05, 0.1) is 32.5 Å². The highest BCUT2D eigenvalue weighted by atomic mass is 16.7. The van der Waals surface area contributed by atoms with E-state index in [9.17, 15) is 30.0 Å². The van der Waals surface area contributed by atoms with Crippen molar-refractivity contribution >= 4 is 23.8 Å². The summed E-state index contributed by atoms with van der Waals surface area (Å²) in [4.78, 5) is 28.2. The molecule has 3 heterocycles. The fraction of sp³-hybridized carbons (Fsp3) is 0.538. The van der Waals surface area contributed by atoms with Gasteiger partial charge in [-0.3, -0.25) is 4.79 Å². The van der Waals surface area contributed by atoms with Gasteiger partial charge in [-0.15, -0.1) is 6.58 Å². The summed E-state index contributed by atoms with van der Waals surface area (Å²) < 4.78 is 23.2. The topological polar surface area (TPSA) is 166 Å². The number of carbonyl (C=O) groups excluding carboxylic acids is 1. The van der Waals surface area contributed by atoms with E-state index < -0.39 is 66.2 Å². The Morgan fingerprint density at radius 3 is 2.84 bits per heavy atom. The lowest BCUT2D eigenvalue weighted by atomic mass is 9.64. The van der Waals surface area contributed by atoms with Crippen LogP contribution < -0.4 is 15.6 Å². The molecule has 0 amide bonds. The molecule has 8 unspecified atom stereocenters. The number of aliphatic hydroxyl groups excluding tert-OH is 2. The van der Waals surface area contributed by atoms with Crippen molar-refractivity contribution in [2.75, 3.05) is 13.7 Å². The summed E-state index contributed by atoms with van der Waals surface area (Å²) in [7, 11) is 1.22. The highest BCUT2D eigenvalue weighted by molar-refractivity contribution is 5.90. The van der Waals surface area contributed by atoms with Gasteiger partial charge in [0.15, 0.2) is 11.9 Å². The average Bonchev–Trinajstić information content (AvgIpc) is 3.36. The summed E-state index contributed by atoms with van der Waals surface area (Å²) in [5.41, 5.74) is -2.53. The number of aliphatic hydroxyl groups is 3. The molecule has 0 radical (unpaired) electrons. The Morgan fingerprint density at radius 1 is 1.38 bits per heavy atom. The first kappa shape index (κ1) is 25.7. The van der Waals surface area contributed by atoms with E-state index in [0.717, 1.165) is 5.22 Å². The van der Waals surface area contributed by atoms with Crippen LogP contribution in [-0.2, 0) is 28.5 Å². The zero-order valence-corrected chi connectivity index (χ0v) is 20.3. The maximum atomic E-state index is 12.3. The van der Waals surface area contributed by atoms with Crippen molar-refractivity contribution in [2.45, 2.75) is 61.5 Å². The van der Waals surface area contributed by atoms with Gasteiger partial charge in [-0.05, 0) is 30.1 Å². The van der Waals surface area contributed by atoms with Gasteiger partial charge in [-0.2, -0.15) is 6.20 Å². The molecule has 2 fully saturated rings. The largest absolute Gasteiger partial charge is 0.661 e. The summed E-state index contributed by atoms with van der Waals surface area (Å²) in [5.74, 6) is -3.16. The lowest BCUT2D eigenvalue weighted by Gasteiger charge is -2.60. The summed E-state index contributed by atoms with van der Waals surface area (Å²) >= 11 is 0. The van der Waals surface area contributed by atoms with Crippen LogP contribution >= 0.6 is 0 Å². The number of carboxylic acids is 1. The number of esters is 1. The maximum absolute atomic E-state index is 12.3. The van der Waals surface area contributed by atoms with Gasteiger partial charge in [0, 0.05) is 17.4 Å². The van der Waals surface area contributed by atoms with Crippen LogP contribution in [0.2, 0.25) is 0 Å². The van der Waals surface area contributed by atoms with Crippen LogP contribution in [0.1, 0.15) is 25.7 Å². The molecule has 1 aromatic rings. The van der Waals surface area contributed by atoms with Gasteiger partial charge in [0.25, 0.3) is 0 Å². The van der Waals surface area contributed by atoms with Gasteiger partial charge < -0.3 is 44.4 Å². The normalized spacial score (nSPS) is 38.3. The van der Waals surface area contributed by atoms with E-state index in [0.29, 0.717) is 17.3 Å². The minimum Gasteiger partial charge on any atom is -0.661 e. The molecule has 1 saturated carbocycles. The molecule has 4 N–H and O–H groups in total. The number of ether oxygens (including phenoxy) is 4. The number of carboxylic acid groups (broad SMARTS) is 1. The molecule has 1 spiro atoms. The number of carbonyl (C=O) groups is 2. The number of hydrogen-bond donors (Lipinski definition) is 4. The van der Waals surface area contributed by atoms with Crippen LogP contribution in [-0.4, -0.2) is 81.9 Å². The Morgan fingerprint density at radius 2 is 2.16 bits per heavy atom. The predicted octanol–water partition coefficient (Wildman–Crippen LogP) is -1.31. The van der Waals surface area contributed by atoms with Crippen LogP contribution in [0, 0.1) is 11.8 Å². The lowest BCUT2D eigenvalue weighted by molar-refractivity contribution is -0.371. The first-order valence-corrected chi connectivity index (χ1v) is 12.2. The van der Waals surface area contributed by atoms with E-state index in [1.165, 1.54) is 19.4 Å². The smallest absolute Gasteiger partial charge is 0.333 e. The summed E-state index contributed by atoms with van der Waals surface area (Å²) in [6.45, 7) is 3.29. The lowest BCUT2D eigenvalue weighted by Crippen LogP contribution is -2.77. The van der Waals surface area contributed by atoms with Gasteiger partial charge in [-0.25, -0.2) is 4.79 Å². The van der Waals surface area contributed by atoms with Crippen molar-refractivity contribution in [3.05, 3.63) is 47.1 Å². The van der Waals surface area contributed by atoms with Gasteiger partial charge in [0.1, 0.15) is 17.8 Å². The average molecular weight is 517 g/mol. The SMILES string of the molecule is C=CC1C(OC2OC(CO)C34OC=c5[n-]ccc5=C3CCC2(O)C4O)CC=C(C(=O)OC)C1CC(=O)O. The molecular formula is C26H30NO10-. The summed E-state index contributed by atoms with van der Waals surface area (Å²) in [5, 5.41) is 44.4. The van der Waals surface area contributed by atoms with E-state index in [4.69, 9.17) is 18.9 Å². The van der Waals surface area contributed by atoms with Crippen LogP contribution in [0.4, 0.5) is 0 Å². The minimum absolute atomic E-state index is 0.0787. The molecule has 8 atom stereocenters. The quantitative estimate of drug-likeness (QED) is 0.251. The molecule has 1 saturated heterocycles. The fourth-order valence-electron chi connectivity index (χ4n) is 6.34. The molecule has 2 aliphatic heterocycles. The zero-order valence-electron chi connectivity index (χ0n) is 20.3. The Labute approximate surface area is 212 Å². The summed E-state index contributed by atoms with van der Waals surface area (Å²) in [6.07, 6.45) is 1.62. The van der Waals surface area contributed by atoms with Crippen molar-refractivity contribution in [1.29, 1.82) is 0 Å². The molecular weight excluding hydrogens is 486 g/mol. The number of aromatic nitrogens is 1. The Kier molecular flexibility index (Phi) is 6.53. The van der Waals surface area contributed by atoms with Crippen molar-refractivity contribution in [2.24, 2.45) is 11.8 Å². The molecule has 11 nitrogen and oxygen atoms in total. The molecule has 4 aliphatic rings. The van der Waals surface area contributed by atoms with Crippen molar-refractivity contribution in [3.63, 3.8) is 0 Å². The zero-order chi connectivity index (χ0) is 26.5. The standard InChI is InChI=1S/C26H30NO10/c1-3-13-16(10-21(29)30)14(22(31)34-2)4-5-19(13)36-24-25(33)8-6-17-15-7-9-27-18(15)12-35-26(17,23(25)32)20(11-28)37-24/h3-4,7,9,12-13,16,19-20,23-24,28,32-33H,1,5-6,8,10-11H2,2H3,(H,29,30)/q-1. The number of rotatable bonds is 7. The van der Waals surface area contributed by atoms with E-state index in [-0.39, 0.29) is 24.8 Å². The third-order valence-corrected chi connectivity index (χ3v) is 8.14. The molecule has 0 aromatic carbocycles. The Bertz CT molecular complexity index is 1250. The van der Waals surface area contributed by atoms with E-state index >= 15 is 0 Å². The predicted molar refractivity (Wildman–Crippen MR) is 126 cm³/mol. The molecule has 200 valence electrons. The van der Waals surface area contributed by atoms with Crippen LogP contribution in [0.25, 0.3) is 11.8 Å². The van der Waals surface area contributed by atoms with Crippen molar-refractivity contribution in [3.8, 4) is 0 Å². The van der Waals surface area contributed by atoms with Crippen LogP contribution in [0.5, 0.6) is 0 Å². The summed E-state index contributed by atoms with van der Waals surface area (Å²) in [6, 6.07) is 1.80. The van der Waals surface area contributed by atoms with Gasteiger partial charge in [0.2, 0.25) is 0 Å². The third-order valence-electron chi connectivity index (χ3n) is 8.14. The maximum Gasteiger partial charge on any atom is 0.333 e. The third kappa shape index (κ3) is 3.76. The Hall–Kier alpha value is -2.96. The van der Waals surface area contributed by atoms with Gasteiger partial charge >= 0.3 is 11.9 Å². The highest BCUT2D eigenvalue weighted by Gasteiger charge is 2.69. The second kappa shape index (κ2) is 9.41. The Balaban J connectivity index is 1.48. The molecule has 1 aromatic heterocycles. The van der Waals surface area contributed by atoms with E-state index in [1.807, 2.05) is 0 Å². The van der Waals surface area contributed by atoms with Crippen LogP contribution in [0.3, 0.4) is 0 Å². The molecule has 11 heteroatoms. The van der Waals surface area contributed by atoms with Gasteiger partial charge in [-0.1, -0.05) is 23.6 Å². The van der Waals surface area contributed by atoms with Crippen molar-refractivity contribution in [1.82, 2.24) is 4.98 Å². The molecule has 5 rings (SSSR count). The molecule has 37 heavy (non-hydrogen) atoms. The monoisotopic (exact) mass is 516 g/mol. The first-order valence-electron chi connectivity index (χ1n) is 12.2. The highest BCUT2D eigenvalue weighted by Crippen LogP contribution is 2.52. The molecule has 2 aliphatic carbocycles. The second-order valence-corrected chi connectivity index (χ2v) is 9.86. The molecule has 2 bridgehead atoms.